The fraction of sp³-hybridized carbons (Fsp3) is 0.259. The highest BCUT2D eigenvalue weighted by atomic mass is 19.1. The molecule has 34 heavy (non-hydrogen) atoms. The SMILES string of the molecule is CN1CCN([C@@H](c2ccc(F)cc2)c2cncc(-c3ccc4[nH]cc(CC(=O)O)c4c3)c2)CC1. The van der Waals surface area contributed by atoms with E-state index in [-0.39, 0.29) is 18.3 Å². The van der Waals surface area contributed by atoms with Crippen LogP contribution in [0.1, 0.15) is 22.7 Å². The van der Waals surface area contributed by atoms with Gasteiger partial charge in [0.25, 0.3) is 0 Å². The standard InChI is InChI=1S/C27H27FN4O2/c1-31-8-10-32(11-9-31)27(18-2-5-23(28)6-3-18)22-12-20(15-29-16-22)19-4-7-25-24(13-19)21(17-30-25)14-26(33)34/h2-7,12-13,15-17,27,30H,8-11,14H2,1H3,(H,33,34)/t27-/m0/s1. The van der Waals surface area contributed by atoms with Gasteiger partial charge >= 0.3 is 5.97 Å². The van der Waals surface area contributed by atoms with Crippen LogP contribution in [0.2, 0.25) is 0 Å². The minimum absolute atomic E-state index is 0.0275. The molecule has 0 spiro atoms. The second-order valence-corrected chi connectivity index (χ2v) is 8.95. The summed E-state index contributed by atoms with van der Waals surface area (Å²) in [6.07, 6.45) is 5.45. The summed E-state index contributed by atoms with van der Waals surface area (Å²) in [6, 6.07) is 14.9. The average molecular weight is 459 g/mol. The van der Waals surface area contributed by atoms with E-state index in [9.17, 15) is 14.3 Å². The molecule has 1 atom stereocenters. The first-order valence-corrected chi connectivity index (χ1v) is 11.4. The summed E-state index contributed by atoms with van der Waals surface area (Å²) in [5.74, 6) is -1.10. The number of aliphatic carboxylic acids is 1. The Morgan fingerprint density at radius 2 is 1.79 bits per heavy atom. The molecule has 0 unspecified atom stereocenters. The molecule has 0 saturated carbocycles. The maximum absolute atomic E-state index is 13.7. The lowest BCUT2D eigenvalue weighted by atomic mass is 9.95. The number of fused-ring (bicyclic) bond motifs is 1. The molecular weight excluding hydrogens is 431 g/mol. The van der Waals surface area contributed by atoms with E-state index in [1.54, 1.807) is 6.20 Å². The first-order valence-electron chi connectivity index (χ1n) is 11.4. The number of pyridine rings is 1. The Kier molecular flexibility index (Phi) is 6.13. The first kappa shape index (κ1) is 22.3. The van der Waals surface area contributed by atoms with Crippen LogP contribution >= 0.6 is 0 Å². The number of hydrogen-bond donors (Lipinski definition) is 2. The summed E-state index contributed by atoms with van der Waals surface area (Å²) in [5.41, 5.74) is 5.69. The number of aromatic nitrogens is 2. The van der Waals surface area contributed by atoms with Gasteiger partial charge in [-0.05, 0) is 59.6 Å². The summed E-state index contributed by atoms with van der Waals surface area (Å²) in [6.45, 7) is 3.77. The third kappa shape index (κ3) is 4.58. The number of hydrogen-bond acceptors (Lipinski definition) is 4. The van der Waals surface area contributed by atoms with Crippen molar-refractivity contribution in [3.8, 4) is 11.1 Å². The third-order valence-corrected chi connectivity index (χ3v) is 6.61. The molecule has 6 nitrogen and oxygen atoms in total. The second kappa shape index (κ2) is 9.37. The van der Waals surface area contributed by atoms with E-state index in [1.165, 1.54) is 12.1 Å². The predicted molar refractivity (Wildman–Crippen MR) is 130 cm³/mol. The fourth-order valence-corrected chi connectivity index (χ4v) is 4.77. The van der Waals surface area contributed by atoms with Crippen LogP contribution in [0.4, 0.5) is 4.39 Å². The van der Waals surface area contributed by atoms with Crippen molar-refractivity contribution in [3.63, 3.8) is 0 Å². The van der Waals surface area contributed by atoms with Crippen molar-refractivity contribution >= 4 is 16.9 Å². The van der Waals surface area contributed by atoms with Crippen molar-refractivity contribution < 1.29 is 14.3 Å². The molecule has 2 aromatic heterocycles. The molecule has 0 bridgehead atoms. The van der Waals surface area contributed by atoms with Gasteiger partial charge in [0, 0.05) is 61.2 Å². The van der Waals surface area contributed by atoms with Crippen molar-refractivity contribution in [2.45, 2.75) is 12.5 Å². The van der Waals surface area contributed by atoms with Crippen molar-refractivity contribution in [1.82, 2.24) is 19.8 Å². The Labute approximate surface area is 197 Å². The smallest absolute Gasteiger partial charge is 0.307 e. The number of aromatic amines is 1. The lowest BCUT2D eigenvalue weighted by Crippen LogP contribution is -2.46. The highest BCUT2D eigenvalue weighted by molar-refractivity contribution is 5.90. The van der Waals surface area contributed by atoms with Gasteiger partial charge in [-0.25, -0.2) is 4.39 Å². The quantitative estimate of drug-likeness (QED) is 0.450. The number of carboxylic acids is 1. The van der Waals surface area contributed by atoms with Crippen LogP contribution in [0.5, 0.6) is 0 Å². The molecule has 1 aliphatic heterocycles. The van der Waals surface area contributed by atoms with Crippen molar-refractivity contribution in [1.29, 1.82) is 0 Å². The first-order chi connectivity index (χ1) is 16.5. The fourth-order valence-electron chi connectivity index (χ4n) is 4.77. The molecule has 2 aromatic carbocycles. The molecule has 2 N–H and O–H groups in total. The van der Waals surface area contributed by atoms with E-state index in [0.29, 0.717) is 0 Å². The maximum Gasteiger partial charge on any atom is 0.307 e. The Bertz CT molecular complexity index is 1310. The van der Waals surface area contributed by atoms with Gasteiger partial charge in [-0.3, -0.25) is 14.7 Å². The van der Waals surface area contributed by atoms with Crippen molar-refractivity contribution in [2.24, 2.45) is 0 Å². The highest BCUT2D eigenvalue weighted by Crippen LogP contribution is 2.33. The molecular formula is C27H27FN4O2. The van der Waals surface area contributed by atoms with E-state index in [4.69, 9.17) is 0 Å². The molecule has 3 heterocycles. The number of carbonyl (C=O) groups is 1. The van der Waals surface area contributed by atoms with E-state index in [2.05, 4.69) is 32.9 Å². The van der Waals surface area contributed by atoms with Gasteiger partial charge in [-0.2, -0.15) is 0 Å². The summed E-state index contributed by atoms with van der Waals surface area (Å²) < 4.78 is 13.7. The molecule has 0 aliphatic carbocycles. The number of rotatable bonds is 6. The Morgan fingerprint density at radius 3 is 2.53 bits per heavy atom. The molecule has 0 radical (unpaired) electrons. The van der Waals surface area contributed by atoms with Crippen molar-refractivity contribution in [2.75, 3.05) is 33.2 Å². The Morgan fingerprint density at radius 1 is 1.03 bits per heavy atom. The zero-order valence-electron chi connectivity index (χ0n) is 19.0. The molecule has 7 heteroatoms. The summed E-state index contributed by atoms with van der Waals surface area (Å²) in [7, 11) is 2.13. The monoisotopic (exact) mass is 458 g/mol. The van der Waals surface area contributed by atoms with E-state index >= 15 is 0 Å². The number of H-pyrrole nitrogens is 1. The number of benzene rings is 2. The van der Waals surface area contributed by atoms with Gasteiger partial charge < -0.3 is 15.0 Å². The van der Waals surface area contributed by atoms with E-state index < -0.39 is 5.97 Å². The number of carboxylic acid groups (broad SMARTS) is 1. The number of nitrogens with one attached hydrogen (secondary N) is 1. The minimum atomic E-state index is -0.857. The van der Waals surface area contributed by atoms with Gasteiger partial charge in [0.2, 0.25) is 0 Å². The van der Waals surface area contributed by atoms with Gasteiger partial charge in [-0.1, -0.05) is 18.2 Å². The molecule has 1 saturated heterocycles. The van der Waals surface area contributed by atoms with Crippen LogP contribution in [0.15, 0.2) is 67.1 Å². The number of nitrogens with zero attached hydrogens (tertiary/aromatic N) is 3. The Balaban J connectivity index is 1.54. The highest BCUT2D eigenvalue weighted by Gasteiger charge is 2.26. The van der Waals surface area contributed by atoms with E-state index in [1.807, 2.05) is 42.7 Å². The Hall–Kier alpha value is -3.55. The minimum Gasteiger partial charge on any atom is -0.481 e. The second-order valence-electron chi connectivity index (χ2n) is 8.95. The third-order valence-electron chi connectivity index (χ3n) is 6.61. The summed E-state index contributed by atoms with van der Waals surface area (Å²) in [5, 5.41) is 10.1. The van der Waals surface area contributed by atoms with Crippen LogP contribution in [-0.2, 0) is 11.2 Å². The topological polar surface area (TPSA) is 72.5 Å². The lowest BCUT2D eigenvalue weighted by molar-refractivity contribution is -0.136. The molecule has 174 valence electrons. The van der Waals surface area contributed by atoms with Gasteiger partial charge in [-0.15, -0.1) is 0 Å². The van der Waals surface area contributed by atoms with Crippen LogP contribution in [0.3, 0.4) is 0 Å². The molecule has 1 fully saturated rings. The molecule has 4 aromatic rings. The summed E-state index contributed by atoms with van der Waals surface area (Å²) >= 11 is 0. The zero-order chi connectivity index (χ0) is 23.7. The largest absolute Gasteiger partial charge is 0.481 e. The van der Waals surface area contributed by atoms with Gasteiger partial charge in [0.1, 0.15) is 5.82 Å². The molecule has 1 aliphatic rings. The van der Waals surface area contributed by atoms with Crippen LogP contribution in [0.25, 0.3) is 22.0 Å². The number of piperazine rings is 1. The van der Waals surface area contributed by atoms with Gasteiger partial charge in [0.15, 0.2) is 0 Å². The normalized spacial score (nSPS) is 16.1. The zero-order valence-corrected chi connectivity index (χ0v) is 19.0. The maximum atomic E-state index is 13.7. The predicted octanol–water partition coefficient (Wildman–Crippen LogP) is 4.33. The van der Waals surface area contributed by atoms with Crippen LogP contribution in [0, 0.1) is 5.82 Å². The van der Waals surface area contributed by atoms with Gasteiger partial charge in [0.05, 0.1) is 12.5 Å². The molecule has 5 rings (SSSR count). The lowest BCUT2D eigenvalue weighted by Gasteiger charge is -2.38. The van der Waals surface area contributed by atoms with E-state index in [0.717, 1.165) is 64.9 Å². The number of halogens is 1. The average Bonchev–Trinajstić information content (AvgIpc) is 3.23. The number of likely N-dealkylation sites (N-methyl/N-ethyl adjacent to an activating group) is 1. The van der Waals surface area contributed by atoms with Crippen molar-refractivity contribution in [3.05, 3.63) is 89.6 Å². The summed E-state index contributed by atoms with van der Waals surface area (Å²) in [4.78, 5) is 23.7. The molecule has 0 amide bonds. The van der Waals surface area contributed by atoms with Crippen LogP contribution in [-0.4, -0.2) is 64.1 Å². The van der Waals surface area contributed by atoms with Crippen LogP contribution < -0.4 is 0 Å².